The molecule has 0 amide bonds. The second-order valence-electron chi connectivity index (χ2n) is 6.08. The van der Waals surface area contributed by atoms with Crippen LogP contribution in [0.5, 0.6) is 0 Å². The van der Waals surface area contributed by atoms with Crippen molar-refractivity contribution in [2.45, 2.75) is 46.8 Å². The van der Waals surface area contributed by atoms with E-state index in [1.54, 1.807) is 12.1 Å². The van der Waals surface area contributed by atoms with E-state index in [1.165, 1.54) is 12.1 Å². The summed E-state index contributed by atoms with van der Waals surface area (Å²) in [5, 5.41) is 16.3. The van der Waals surface area contributed by atoms with Crippen molar-refractivity contribution in [3.63, 3.8) is 0 Å². The van der Waals surface area contributed by atoms with Crippen molar-refractivity contribution < 1.29 is 4.39 Å². The monoisotopic (exact) mass is 342 g/mol. The van der Waals surface area contributed by atoms with Crippen LogP contribution in [0, 0.1) is 19.7 Å². The third-order valence-corrected chi connectivity index (χ3v) is 4.48. The molecular weight excluding hydrogens is 319 g/mol. The van der Waals surface area contributed by atoms with Crippen LogP contribution in [-0.2, 0) is 13.1 Å². The first-order valence-electron chi connectivity index (χ1n) is 8.43. The van der Waals surface area contributed by atoms with Gasteiger partial charge in [-0.05, 0) is 52.0 Å². The second kappa shape index (κ2) is 7.14. The van der Waals surface area contributed by atoms with Crippen LogP contribution < -0.4 is 5.32 Å². The van der Waals surface area contributed by atoms with E-state index < -0.39 is 0 Å². The molecule has 0 aliphatic heterocycles. The quantitative estimate of drug-likeness (QED) is 0.748. The van der Waals surface area contributed by atoms with Gasteiger partial charge in [-0.25, -0.2) is 9.07 Å². The van der Waals surface area contributed by atoms with E-state index in [9.17, 15) is 4.39 Å². The Kier molecular flexibility index (Phi) is 4.94. The average molecular weight is 342 g/mol. The molecule has 0 spiro atoms. The zero-order valence-corrected chi connectivity index (χ0v) is 15.0. The van der Waals surface area contributed by atoms with E-state index in [1.807, 2.05) is 24.7 Å². The van der Waals surface area contributed by atoms with Gasteiger partial charge in [-0.3, -0.25) is 0 Å². The summed E-state index contributed by atoms with van der Waals surface area (Å²) in [6.07, 6.45) is 1.85. The van der Waals surface area contributed by atoms with E-state index in [0.717, 1.165) is 35.1 Å². The molecule has 0 unspecified atom stereocenters. The number of rotatable bonds is 6. The van der Waals surface area contributed by atoms with Gasteiger partial charge in [-0.2, -0.15) is 5.10 Å². The van der Waals surface area contributed by atoms with Crippen molar-refractivity contribution in [1.82, 2.24) is 29.9 Å². The Labute approximate surface area is 146 Å². The fraction of sp³-hybridized carbons (Fsp3) is 0.389. The van der Waals surface area contributed by atoms with Crippen LogP contribution in [0.3, 0.4) is 0 Å². The number of aromatic nitrogens is 5. The molecule has 2 aromatic heterocycles. The van der Waals surface area contributed by atoms with Gasteiger partial charge < -0.3 is 9.88 Å². The minimum atomic E-state index is -0.251. The first kappa shape index (κ1) is 17.3. The molecule has 25 heavy (non-hydrogen) atoms. The van der Waals surface area contributed by atoms with E-state index in [-0.39, 0.29) is 11.9 Å². The zero-order chi connectivity index (χ0) is 18.0. The topological polar surface area (TPSA) is 60.6 Å². The third-order valence-electron chi connectivity index (χ3n) is 4.48. The molecule has 0 fully saturated rings. The summed E-state index contributed by atoms with van der Waals surface area (Å²) in [7, 11) is 0. The van der Waals surface area contributed by atoms with Crippen LogP contribution in [0.15, 0.2) is 30.5 Å². The van der Waals surface area contributed by atoms with Crippen molar-refractivity contribution in [3.8, 4) is 5.69 Å². The van der Waals surface area contributed by atoms with Crippen LogP contribution in [0.2, 0.25) is 0 Å². The number of hydrogen-bond donors (Lipinski definition) is 1. The SMILES string of the molecule is CCn1c(C)nnc1CN[C@H](C)c1cnn(-c2ccc(F)cc2)c1C. The molecule has 1 atom stereocenters. The molecule has 3 rings (SSSR count). The van der Waals surface area contributed by atoms with Gasteiger partial charge >= 0.3 is 0 Å². The Morgan fingerprint density at radius 1 is 1.16 bits per heavy atom. The van der Waals surface area contributed by atoms with Crippen molar-refractivity contribution in [2.24, 2.45) is 0 Å². The fourth-order valence-corrected chi connectivity index (χ4v) is 3.01. The summed E-state index contributed by atoms with van der Waals surface area (Å²) >= 11 is 0. The first-order valence-corrected chi connectivity index (χ1v) is 8.43. The maximum atomic E-state index is 13.1. The number of nitrogens with zero attached hydrogens (tertiary/aromatic N) is 5. The maximum absolute atomic E-state index is 13.1. The molecule has 1 aromatic carbocycles. The average Bonchev–Trinajstić information content (AvgIpc) is 3.16. The van der Waals surface area contributed by atoms with Crippen LogP contribution in [-0.4, -0.2) is 24.5 Å². The summed E-state index contributed by atoms with van der Waals surface area (Å²) in [4.78, 5) is 0. The van der Waals surface area contributed by atoms with E-state index in [2.05, 4.69) is 39.0 Å². The Morgan fingerprint density at radius 2 is 1.88 bits per heavy atom. The lowest BCUT2D eigenvalue weighted by molar-refractivity contribution is 0.535. The lowest BCUT2D eigenvalue weighted by Crippen LogP contribution is -2.21. The molecule has 0 aliphatic rings. The molecule has 6 nitrogen and oxygen atoms in total. The number of nitrogens with one attached hydrogen (secondary N) is 1. The van der Waals surface area contributed by atoms with Gasteiger partial charge in [0.1, 0.15) is 17.5 Å². The van der Waals surface area contributed by atoms with Gasteiger partial charge in [0.25, 0.3) is 0 Å². The minimum Gasteiger partial charge on any atom is -0.314 e. The first-order chi connectivity index (χ1) is 12.0. The Morgan fingerprint density at radius 3 is 2.56 bits per heavy atom. The lowest BCUT2D eigenvalue weighted by atomic mass is 10.1. The summed E-state index contributed by atoms with van der Waals surface area (Å²) in [6, 6.07) is 6.44. The fourth-order valence-electron chi connectivity index (χ4n) is 3.01. The van der Waals surface area contributed by atoms with Crippen LogP contribution >= 0.6 is 0 Å². The van der Waals surface area contributed by atoms with E-state index in [0.29, 0.717) is 6.54 Å². The predicted molar refractivity (Wildman–Crippen MR) is 93.9 cm³/mol. The number of halogens is 1. The number of aryl methyl sites for hydroxylation is 1. The highest BCUT2D eigenvalue weighted by Gasteiger charge is 2.15. The van der Waals surface area contributed by atoms with Gasteiger partial charge in [-0.1, -0.05) is 0 Å². The summed E-state index contributed by atoms with van der Waals surface area (Å²) in [5.41, 5.74) is 2.97. The molecule has 7 heteroatoms. The molecule has 0 radical (unpaired) electrons. The summed E-state index contributed by atoms with van der Waals surface area (Å²) < 4.78 is 17.0. The van der Waals surface area contributed by atoms with Crippen molar-refractivity contribution >= 4 is 0 Å². The summed E-state index contributed by atoms with van der Waals surface area (Å²) in [5.74, 6) is 1.60. The number of hydrogen-bond acceptors (Lipinski definition) is 4. The zero-order valence-electron chi connectivity index (χ0n) is 15.0. The van der Waals surface area contributed by atoms with Gasteiger partial charge in [0.05, 0.1) is 18.4 Å². The van der Waals surface area contributed by atoms with Gasteiger partial charge in [-0.15, -0.1) is 10.2 Å². The third kappa shape index (κ3) is 3.46. The standard InChI is InChI=1S/C18H23FN6/c1-5-24-14(4)22-23-18(24)11-20-12(2)17-10-21-25(13(17)3)16-8-6-15(19)7-9-16/h6-10,12,20H,5,11H2,1-4H3/t12-/m1/s1. The molecule has 0 bridgehead atoms. The van der Waals surface area contributed by atoms with Gasteiger partial charge in [0.2, 0.25) is 0 Å². The highest BCUT2D eigenvalue weighted by atomic mass is 19.1. The molecule has 0 saturated heterocycles. The second-order valence-corrected chi connectivity index (χ2v) is 6.08. The Hall–Kier alpha value is -2.54. The molecule has 1 N–H and O–H groups in total. The molecule has 2 heterocycles. The maximum Gasteiger partial charge on any atom is 0.147 e. The van der Waals surface area contributed by atoms with E-state index in [4.69, 9.17) is 0 Å². The van der Waals surface area contributed by atoms with Crippen molar-refractivity contribution in [2.75, 3.05) is 0 Å². The predicted octanol–water partition coefficient (Wildman–Crippen LogP) is 3.09. The molecule has 3 aromatic rings. The molecule has 0 aliphatic carbocycles. The van der Waals surface area contributed by atoms with Crippen LogP contribution in [0.1, 0.15) is 42.8 Å². The Bertz CT molecular complexity index is 849. The van der Waals surface area contributed by atoms with Gasteiger partial charge in [0, 0.05) is 23.8 Å². The largest absolute Gasteiger partial charge is 0.314 e. The highest BCUT2D eigenvalue weighted by Crippen LogP contribution is 2.20. The molecule has 0 saturated carbocycles. The van der Waals surface area contributed by atoms with Crippen LogP contribution in [0.25, 0.3) is 5.69 Å². The number of benzene rings is 1. The minimum absolute atomic E-state index is 0.108. The smallest absolute Gasteiger partial charge is 0.147 e. The van der Waals surface area contributed by atoms with Crippen molar-refractivity contribution in [3.05, 3.63) is 59.2 Å². The van der Waals surface area contributed by atoms with Crippen LogP contribution in [0.4, 0.5) is 4.39 Å². The van der Waals surface area contributed by atoms with Crippen molar-refractivity contribution in [1.29, 1.82) is 0 Å². The highest BCUT2D eigenvalue weighted by molar-refractivity contribution is 5.35. The molecule has 132 valence electrons. The lowest BCUT2D eigenvalue weighted by Gasteiger charge is -2.14. The van der Waals surface area contributed by atoms with Gasteiger partial charge in [0.15, 0.2) is 0 Å². The Balaban J connectivity index is 1.74. The summed E-state index contributed by atoms with van der Waals surface area (Å²) in [6.45, 7) is 9.64. The van der Waals surface area contributed by atoms with E-state index >= 15 is 0 Å². The molecular formula is C18H23FN6. The normalized spacial score (nSPS) is 12.5.